The quantitative estimate of drug-likeness (QED) is 0.269. The fraction of sp³-hybridized carbons (Fsp3) is 0.346. The van der Waals surface area contributed by atoms with Crippen LogP contribution in [0.25, 0.3) is 16.6 Å². The van der Waals surface area contributed by atoms with E-state index in [1.807, 2.05) is 35.8 Å². The summed E-state index contributed by atoms with van der Waals surface area (Å²) in [5.41, 5.74) is 2.40. The normalized spacial score (nSPS) is 16.6. The first-order valence-electron chi connectivity index (χ1n) is 11.7. The van der Waals surface area contributed by atoms with Gasteiger partial charge in [0.1, 0.15) is 5.82 Å². The van der Waals surface area contributed by atoms with Gasteiger partial charge in [0.15, 0.2) is 16.8 Å². The van der Waals surface area contributed by atoms with E-state index in [-0.39, 0.29) is 22.9 Å². The van der Waals surface area contributed by atoms with E-state index in [2.05, 4.69) is 27.0 Å². The largest absolute Gasteiger partial charge is 0.360 e. The van der Waals surface area contributed by atoms with Gasteiger partial charge in [0.2, 0.25) is 0 Å². The zero-order valence-corrected chi connectivity index (χ0v) is 20.2. The smallest absolute Gasteiger partial charge is 0.196 e. The Balaban J connectivity index is 1.47. The van der Waals surface area contributed by atoms with Crippen molar-refractivity contribution in [3.63, 3.8) is 0 Å². The number of hydrogen-bond donors (Lipinski definition) is 1. The van der Waals surface area contributed by atoms with Gasteiger partial charge in [0.05, 0.1) is 11.3 Å². The van der Waals surface area contributed by atoms with Crippen LogP contribution in [0.15, 0.2) is 59.9 Å². The molecule has 34 heavy (non-hydrogen) atoms. The Morgan fingerprint density at radius 1 is 1.03 bits per heavy atom. The summed E-state index contributed by atoms with van der Waals surface area (Å²) in [4.78, 5) is 18.9. The highest BCUT2D eigenvalue weighted by molar-refractivity contribution is 8.00. The highest BCUT2D eigenvalue weighted by atomic mass is 32.2. The second-order valence-corrected chi connectivity index (χ2v) is 10.1. The summed E-state index contributed by atoms with van der Waals surface area (Å²) >= 11 is 1.38. The number of benzene rings is 2. The SMILES string of the molecule is C[C@H](Sc1nnc([C@H](C)N2CCCCC2)n1-c1ccc(F)cc1)C(=O)c1c[nH]c2ccccc12. The van der Waals surface area contributed by atoms with Gasteiger partial charge in [0.25, 0.3) is 0 Å². The molecule has 0 saturated carbocycles. The first-order chi connectivity index (χ1) is 16.5. The van der Waals surface area contributed by atoms with E-state index >= 15 is 0 Å². The number of carbonyl (C=O) groups excluding carboxylic acids is 1. The molecule has 0 bridgehead atoms. The zero-order chi connectivity index (χ0) is 23.7. The molecule has 1 aliphatic heterocycles. The highest BCUT2D eigenvalue weighted by Gasteiger charge is 2.28. The van der Waals surface area contributed by atoms with Crippen molar-refractivity contribution in [1.82, 2.24) is 24.6 Å². The minimum Gasteiger partial charge on any atom is -0.360 e. The Kier molecular flexibility index (Phi) is 6.52. The van der Waals surface area contributed by atoms with Crippen molar-refractivity contribution in [3.8, 4) is 5.69 Å². The number of halogens is 1. The van der Waals surface area contributed by atoms with E-state index in [1.54, 1.807) is 18.3 Å². The standard InChI is InChI=1S/C26H28FN5OS/c1-17(31-14-6-3-7-15-31)25-29-30-26(32(25)20-12-10-19(27)11-13-20)34-18(2)24(33)22-16-28-23-9-5-4-8-21(22)23/h4-5,8-13,16-18,28H,3,6-7,14-15H2,1-2H3/t17-,18-/m0/s1. The van der Waals surface area contributed by atoms with E-state index in [1.165, 1.54) is 43.2 Å². The molecule has 2 aromatic heterocycles. The number of carbonyl (C=O) groups is 1. The number of H-pyrrole nitrogens is 1. The summed E-state index contributed by atoms with van der Waals surface area (Å²) in [6.07, 6.45) is 5.38. The number of aromatic amines is 1. The van der Waals surface area contributed by atoms with Crippen LogP contribution < -0.4 is 0 Å². The molecule has 5 rings (SSSR count). The monoisotopic (exact) mass is 477 g/mol. The minimum atomic E-state index is -0.374. The van der Waals surface area contributed by atoms with Crippen LogP contribution in [0.2, 0.25) is 0 Å². The van der Waals surface area contributed by atoms with Gasteiger partial charge in [0, 0.05) is 28.4 Å². The lowest BCUT2D eigenvalue weighted by Crippen LogP contribution is -2.33. The number of hydrogen-bond acceptors (Lipinski definition) is 5. The van der Waals surface area contributed by atoms with Gasteiger partial charge in [-0.1, -0.05) is 36.4 Å². The van der Waals surface area contributed by atoms with E-state index < -0.39 is 0 Å². The maximum Gasteiger partial charge on any atom is 0.196 e. The molecule has 1 N–H and O–H groups in total. The van der Waals surface area contributed by atoms with Crippen LogP contribution >= 0.6 is 11.8 Å². The van der Waals surface area contributed by atoms with Gasteiger partial charge < -0.3 is 4.98 Å². The number of para-hydroxylation sites is 1. The molecule has 3 heterocycles. The Morgan fingerprint density at radius 3 is 2.53 bits per heavy atom. The van der Waals surface area contributed by atoms with Gasteiger partial charge in [-0.2, -0.15) is 0 Å². The third kappa shape index (κ3) is 4.40. The van der Waals surface area contributed by atoms with E-state index in [4.69, 9.17) is 0 Å². The van der Waals surface area contributed by atoms with Crippen molar-refractivity contribution >= 4 is 28.4 Å². The maximum atomic E-state index is 13.7. The average molecular weight is 478 g/mol. The first-order valence-corrected chi connectivity index (χ1v) is 12.6. The minimum absolute atomic E-state index is 0.0294. The molecule has 4 aromatic rings. The van der Waals surface area contributed by atoms with Crippen LogP contribution in [0.5, 0.6) is 0 Å². The molecule has 2 aromatic carbocycles. The summed E-state index contributed by atoms with van der Waals surface area (Å²) in [5.74, 6) is 0.545. The zero-order valence-electron chi connectivity index (χ0n) is 19.4. The molecule has 0 aliphatic carbocycles. The van der Waals surface area contributed by atoms with Crippen LogP contribution in [0, 0.1) is 5.82 Å². The number of ketones is 1. The molecule has 1 aliphatic rings. The Morgan fingerprint density at radius 2 is 1.76 bits per heavy atom. The lowest BCUT2D eigenvalue weighted by molar-refractivity contribution is 0.0995. The molecule has 6 nitrogen and oxygen atoms in total. The van der Waals surface area contributed by atoms with Gasteiger partial charge in [-0.05, 0) is 70.1 Å². The summed E-state index contributed by atoms with van der Waals surface area (Å²) in [6, 6.07) is 14.2. The molecule has 0 amide bonds. The van der Waals surface area contributed by atoms with Gasteiger partial charge >= 0.3 is 0 Å². The third-order valence-corrected chi connectivity index (χ3v) is 7.60. The number of thioether (sulfide) groups is 1. The number of nitrogens with zero attached hydrogens (tertiary/aromatic N) is 4. The van der Waals surface area contributed by atoms with Crippen molar-refractivity contribution in [1.29, 1.82) is 0 Å². The number of fused-ring (bicyclic) bond motifs is 1. The van der Waals surface area contributed by atoms with Crippen molar-refractivity contribution in [2.45, 2.75) is 49.6 Å². The van der Waals surface area contributed by atoms with E-state index in [9.17, 15) is 9.18 Å². The molecule has 1 fully saturated rings. The fourth-order valence-corrected chi connectivity index (χ4v) is 5.58. The van der Waals surface area contributed by atoms with Gasteiger partial charge in [-0.3, -0.25) is 14.3 Å². The average Bonchev–Trinajstić information content (AvgIpc) is 3.49. The van der Waals surface area contributed by atoms with E-state index in [0.29, 0.717) is 10.7 Å². The van der Waals surface area contributed by atoms with Crippen LogP contribution in [-0.2, 0) is 0 Å². The van der Waals surface area contributed by atoms with Gasteiger partial charge in [-0.15, -0.1) is 10.2 Å². The van der Waals surface area contributed by atoms with Crippen molar-refractivity contribution in [2.75, 3.05) is 13.1 Å². The summed E-state index contributed by atoms with van der Waals surface area (Å²) in [7, 11) is 0. The number of likely N-dealkylation sites (tertiary alicyclic amines) is 1. The summed E-state index contributed by atoms with van der Waals surface area (Å²) < 4.78 is 15.7. The number of Topliss-reactive ketones (excluding diaryl/α,β-unsaturated/α-hetero) is 1. The molecule has 176 valence electrons. The topological polar surface area (TPSA) is 66.8 Å². The second kappa shape index (κ2) is 9.72. The Labute approximate surface area is 202 Å². The summed E-state index contributed by atoms with van der Waals surface area (Å²) in [6.45, 7) is 6.08. The molecule has 8 heteroatoms. The van der Waals surface area contributed by atoms with Crippen LogP contribution in [0.4, 0.5) is 4.39 Å². The number of piperidine rings is 1. The van der Waals surface area contributed by atoms with Crippen LogP contribution in [-0.4, -0.2) is 48.8 Å². The lowest BCUT2D eigenvalue weighted by Gasteiger charge is -2.32. The number of nitrogens with one attached hydrogen (secondary N) is 1. The van der Waals surface area contributed by atoms with Gasteiger partial charge in [-0.25, -0.2) is 4.39 Å². The highest BCUT2D eigenvalue weighted by Crippen LogP contribution is 2.33. The molecule has 1 saturated heterocycles. The summed E-state index contributed by atoms with van der Waals surface area (Å²) in [5, 5.41) is 10.2. The lowest BCUT2D eigenvalue weighted by atomic mass is 10.1. The molecule has 0 spiro atoms. The fourth-order valence-electron chi connectivity index (χ4n) is 4.64. The molecular weight excluding hydrogens is 449 g/mol. The predicted octanol–water partition coefficient (Wildman–Crippen LogP) is 5.80. The maximum absolute atomic E-state index is 13.7. The van der Waals surface area contributed by atoms with Crippen LogP contribution in [0.3, 0.4) is 0 Å². The van der Waals surface area contributed by atoms with Crippen molar-refractivity contribution in [2.24, 2.45) is 0 Å². The molecular formula is C26H28FN5OS. The number of aromatic nitrogens is 4. The first kappa shape index (κ1) is 22.8. The molecule has 0 radical (unpaired) electrons. The molecule has 0 unspecified atom stereocenters. The Bertz CT molecular complexity index is 1290. The number of rotatable bonds is 7. The Hall–Kier alpha value is -2.97. The van der Waals surface area contributed by atoms with Crippen LogP contribution in [0.1, 0.15) is 55.3 Å². The molecule has 2 atom stereocenters. The second-order valence-electron chi connectivity index (χ2n) is 8.80. The van der Waals surface area contributed by atoms with Crippen molar-refractivity contribution < 1.29 is 9.18 Å². The van der Waals surface area contributed by atoms with E-state index in [0.717, 1.165) is 35.5 Å². The predicted molar refractivity (Wildman–Crippen MR) is 133 cm³/mol. The van der Waals surface area contributed by atoms with Crippen molar-refractivity contribution in [3.05, 3.63) is 71.9 Å². The third-order valence-electron chi connectivity index (χ3n) is 6.56.